The number of amides is 1. The third-order valence-corrected chi connectivity index (χ3v) is 6.41. The van der Waals surface area contributed by atoms with E-state index in [2.05, 4.69) is 10.3 Å². The van der Waals surface area contributed by atoms with Crippen LogP contribution in [0.1, 0.15) is 26.3 Å². The van der Waals surface area contributed by atoms with Gasteiger partial charge in [-0.05, 0) is 60.5 Å². The van der Waals surface area contributed by atoms with Crippen molar-refractivity contribution < 1.29 is 32.7 Å². The number of halogens is 3. The third kappa shape index (κ3) is 4.92. The molecule has 1 aliphatic rings. The van der Waals surface area contributed by atoms with Crippen molar-refractivity contribution in [3.8, 4) is 22.4 Å². The summed E-state index contributed by atoms with van der Waals surface area (Å²) >= 11 is 0. The highest BCUT2D eigenvalue weighted by Crippen LogP contribution is 2.33. The molecule has 6 nitrogen and oxygen atoms in total. The summed E-state index contributed by atoms with van der Waals surface area (Å²) < 4.78 is 41.0. The summed E-state index contributed by atoms with van der Waals surface area (Å²) in [6, 6.07) is 21.3. The first-order valence-electron chi connectivity index (χ1n) is 12.0. The number of hydrogen-bond acceptors (Lipinski definition) is 4. The van der Waals surface area contributed by atoms with Crippen LogP contribution in [-0.4, -0.2) is 27.8 Å². The van der Waals surface area contributed by atoms with Crippen LogP contribution in [0.5, 0.6) is 0 Å². The lowest BCUT2D eigenvalue weighted by Crippen LogP contribution is -2.12. The maximum atomic E-state index is 14.8. The molecule has 40 heavy (non-hydrogen) atoms. The van der Waals surface area contributed by atoms with Crippen molar-refractivity contribution >= 4 is 34.3 Å². The molecule has 2 heterocycles. The molecule has 0 aliphatic carbocycles. The van der Waals surface area contributed by atoms with Crippen LogP contribution >= 0.6 is 0 Å². The minimum absolute atomic E-state index is 0.0351. The van der Waals surface area contributed by atoms with Crippen LogP contribution in [0.15, 0.2) is 84.9 Å². The lowest BCUT2D eigenvalue weighted by atomic mass is 9.96. The molecule has 0 radical (unpaired) electrons. The Morgan fingerprint density at radius 2 is 1.50 bits per heavy atom. The lowest BCUT2D eigenvalue weighted by molar-refractivity contribution is -0.112. The molecule has 6 rings (SSSR count). The van der Waals surface area contributed by atoms with E-state index in [0.29, 0.717) is 33.6 Å². The highest BCUT2D eigenvalue weighted by molar-refractivity contribution is 6.51. The van der Waals surface area contributed by atoms with Crippen LogP contribution in [0.2, 0.25) is 0 Å². The van der Waals surface area contributed by atoms with Crippen molar-refractivity contribution in [2.75, 3.05) is 5.32 Å². The molecule has 4 aromatic carbocycles. The molecule has 198 valence electrons. The number of pyridine rings is 1. The van der Waals surface area contributed by atoms with E-state index in [4.69, 9.17) is 0 Å². The Morgan fingerprint density at radius 1 is 0.800 bits per heavy atom. The van der Waals surface area contributed by atoms with Crippen LogP contribution in [0.4, 0.5) is 18.9 Å². The summed E-state index contributed by atoms with van der Waals surface area (Å²) in [4.78, 5) is 38.0. The van der Waals surface area contributed by atoms with E-state index in [1.54, 1.807) is 19.1 Å². The number of hydrogen-bond donors (Lipinski definition) is 2. The second-order valence-corrected chi connectivity index (χ2v) is 8.96. The van der Waals surface area contributed by atoms with Gasteiger partial charge in [-0.2, -0.15) is 0 Å². The fourth-order valence-electron chi connectivity index (χ4n) is 4.52. The van der Waals surface area contributed by atoms with Crippen LogP contribution in [0, 0.1) is 24.4 Å². The molecule has 0 spiro atoms. The molecule has 9 heteroatoms. The second-order valence-electron chi connectivity index (χ2n) is 8.96. The van der Waals surface area contributed by atoms with E-state index in [0.717, 1.165) is 17.7 Å². The largest absolute Gasteiger partial charge is 0.478 e. The van der Waals surface area contributed by atoms with Crippen molar-refractivity contribution in [3.63, 3.8) is 0 Å². The first-order chi connectivity index (χ1) is 19.1. The molecule has 2 N–H and O–H groups in total. The first-order valence-corrected chi connectivity index (χ1v) is 12.0. The van der Waals surface area contributed by atoms with Crippen molar-refractivity contribution in [1.29, 1.82) is 0 Å². The SMILES string of the molecule is Cc1c(-c2ccc(-c3ccccc3)c(F)c2)nc2ccc(F)cc2c1C(=O)O.O=C1Nc2ccc(F)cc2C1=O. The quantitative estimate of drug-likeness (QED) is 0.245. The van der Waals surface area contributed by atoms with Gasteiger partial charge in [0.25, 0.3) is 11.7 Å². The number of carbonyl (C=O) groups excluding carboxylic acids is 2. The molecule has 0 bridgehead atoms. The molecule has 1 aromatic heterocycles. The number of ketones is 1. The summed E-state index contributed by atoms with van der Waals surface area (Å²) in [5, 5.41) is 12.2. The van der Waals surface area contributed by atoms with Crippen LogP contribution in [0.25, 0.3) is 33.3 Å². The highest BCUT2D eigenvalue weighted by atomic mass is 19.1. The number of carboxylic acid groups (broad SMARTS) is 1. The maximum absolute atomic E-state index is 14.8. The molecule has 0 unspecified atom stereocenters. The van der Waals surface area contributed by atoms with E-state index < -0.39 is 35.1 Å². The van der Waals surface area contributed by atoms with Crippen LogP contribution in [-0.2, 0) is 4.79 Å². The third-order valence-electron chi connectivity index (χ3n) is 6.41. The number of rotatable bonds is 3. The Kier molecular flexibility index (Phi) is 6.87. The molecule has 1 amide bonds. The Bertz CT molecular complexity index is 1840. The Labute approximate surface area is 225 Å². The van der Waals surface area contributed by atoms with Crippen molar-refractivity contribution in [1.82, 2.24) is 4.98 Å². The standard InChI is InChI=1S/C23H15F2NO2.C8H4FNO2/c1-13-21(23(27)28)18-12-16(24)8-10-20(18)26-22(13)15-7-9-17(19(25)11-15)14-5-3-2-4-6-14;9-4-1-2-6-5(3-4)7(11)8(12)10-6/h2-12H,1H3,(H,27,28);1-3H,(H,10,11,12). The van der Waals surface area contributed by atoms with E-state index >= 15 is 0 Å². The number of aromatic carboxylic acids is 1. The van der Waals surface area contributed by atoms with Gasteiger partial charge in [-0.1, -0.05) is 42.5 Å². The average Bonchev–Trinajstić information content (AvgIpc) is 3.21. The number of Topliss-reactive ketones (excluding diaryl/α,β-unsaturated/α-hetero) is 1. The molecule has 0 fully saturated rings. The summed E-state index contributed by atoms with van der Waals surface area (Å²) in [5.74, 6) is -4.04. The Hall–Kier alpha value is -5.31. The van der Waals surface area contributed by atoms with E-state index in [-0.39, 0.29) is 16.5 Å². The molecular formula is C31H19F3N2O4. The van der Waals surface area contributed by atoms with E-state index in [9.17, 15) is 32.7 Å². The monoisotopic (exact) mass is 540 g/mol. The molecular weight excluding hydrogens is 521 g/mol. The van der Waals surface area contributed by atoms with Gasteiger partial charge < -0.3 is 10.4 Å². The van der Waals surface area contributed by atoms with Gasteiger partial charge >= 0.3 is 5.97 Å². The number of carbonyl (C=O) groups is 3. The zero-order valence-electron chi connectivity index (χ0n) is 20.8. The van der Waals surface area contributed by atoms with Gasteiger partial charge in [0.05, 0.1) is 28.0 Å². The summed E-state index contributed by atoms with van der Waals surface area (Å²) in [5.41, 5.74) is 3.17. The van der Waals surface area contributed by atoms with Gasteiger partial charge in [-0.3, -0.25) is 9.59 Å². The molecule has 0 saturated heterocycles. The topological polar surface area (TPSA) is 96.4 Å². The van der Waals surface area contributed by atoms with E-state index in [1.165, 1.54) is 30.3 Å². The zero-order valence-corrected chi connectivity index (χ0v) is 20.8. The smallest absolute Gasteiger partial charge is 0.336 e. The lowest BCUT2D eigenvalue weighted by Gasteiger charge is -2.13. The van der Waals surface area contributed by atoms with Crippen molar-refractivity contribution in [2.45, 2.75) is 6.92 Å². The number of fused-ring (bicyclic) bond motifs is 2. The van der Waals surface area contributed by atoms with E-state index in [1.807, 2.05) is 30.3 Å². The summed E-state index contributed by atoms with van der Waals surface area (Å²) in [6.45, 7) is 1.60. The molecule has 0 saturated carbocycles. The van der Waals surface area contributed by atoms with Gasteiger partial charge in [0.2, 0.25) is 0 Å². The predicted molar refractivity (Wildman–Crippen MR) is 144 cm³/mol. The number of benzene rings is 4. The van der Waals surface area contributed by atoms with Crippen molar-refractivity contribution in [3.05, 3.63) is 119 Å². The average molecular weight is 540 g/mol. The molecule has 1 aliphatic heterocycles. The highest BCUT2D eigenvalue weighted by Gasteiger charge is 2.27. The van der Waals surface area contributed by atoms with Gasteiger partial charge in [-0.25, -0.2) is 22.9 Å². The summed E-state index contributed by atoms with van der Waals surface area (Å²) in [7, 11) is 0. The number of carboxylic acids is 1. The number of aromatic nitrogens is 1. The summed E-state index contributed by atoms with van der Waals surface area (Å²) in [6.07, 6.45) is 0. The number of nitrogens with zero attached hydrogens (tertiary/aromatic N) is 1. The van der Waals surface area contributed by atoms with Gasteiger partial charge in [0, 0.05) is 16.5 Å². The Morgan fingerprint density at radius 3 is 2.20 bits per heavy atom. The predicted octanol–water partition coefficient (Wildman–Crippen LogP) is 6.81. The number of anilines is 1. The fourth-order valence-corrected chi connectivity index (χ4v) is 4.52. The van der Waals surface area contributed by atoms with Crippen molar-refractivity contribution in [2.24, 2.45) is 0 Å². The minimum Gasteiger partial charge on any atom is -0.478 e. The maximum Gasteiger partial charge on any atom is 0.336 e. The van der Waals surface area contributed by atoms with Gasteiger partial charge in [0.1, 0.15) is 17.5 Å². The van der Waals surface area contributed by atoms with Gasteiger partial charge in [0.15, 0.2) is 0 Å². The normalized spacial score (nSPS) is 12.0. The Balaban J connectivity index is 0.000000223. The van der Waals surface area contributed by atoms with Crippen LogP contribution in [0.3, 0.4) is 0 Å². The minimum atomic E-state index is -1.18. The van der Waals surface area contributed by atoms with Crippen LogP contribution < -0.4 is 5.32 Å². The van der Waals surface area contributed by atoms with Gasteiger partial charge in [-0.15, -0.1) is 0 Å². The zero-order chi connectivity index (χ0) is 28.6. The molecule has 5 aromatic rings. The molecule has 0 atom stereocenters. The first kappa shape index (κ1) is 26.3. The second kappa shape index (κ2) is 10.5. The number of nitrogens with one attached hydrogen (secondary N) is 1. The fraction of sp³-hybridized carbons (Fsp3) is 0.0323.